The van der Waals surface area contributed by atoms with Gasteiger partial charge in [-0.3, -0.25) is 9.67 Å². The maximum atomic E-state index is 4.43. The Kier molecular flexibility index (Phi) is 4.42. The fourth-order valence-corrected chi connectivity index (χ4v) is 2.95. The normalized spacial score (nSPS) is 14.3. The lowest BCUT2D eigenvalue weighted by atomic mass is 10.2. The molecule has 5 nitrogen and oxygen atoms in total. The van der Waals surface area contributed by atoms with Crippen molar-refractivity contribution in [3.63, 3.8) is 0 Å². The van der Waals surface area contributed by atoms with E-state index in [0.29, 0.717) is 0 Å². The molecule has 0 radical (unpaired) electrons. The van der Waals surface area contributed by atoms with Gasteiger partial charge in [0.1, 0.15) is 0 Å². The van der Waals surface area contributed by atoms with Gasteiger partial charge in [-0.05, 0) is 36.5 Å². The minimum absolute atomic E-state index is 0.917. The summed E-state index contributed by atoms with van der Waals surface area (Å²) in [6.07, 6.45) is 7.21. The van der Waals surface area contributed by atoms with Crippen LogP contribution in [0.25, 0.3) is 0 Å². The van der Waals surface area contributed by atoms with Crippen molar-refractivity contribution in [1.29, 1.82) is 0 Å². The zero-order valence-corrected chi connectivity index (χ0v) is 13.3. The lowest BCUT2D eigenvalue weighted by molar-refractivity contribution is 0.753. The number of anilines is 1. The van der Waals surface area contributed by atoms with E-state index in [1.165, 1.54) is 16.8 Å². The van der Waals surface area contributed by atoms with Crippen molar-refractivity contribution in [2.45, 2.75) is 19.3 Å². The number of aromatic nitrogens is 2. The van der Waals surface area contributed by atoms with Gasteiger partial charge in [-0.1, -0.05) is 18.2 Å². The number of nitrogens with zero attached hydrogens (tertiary/aromatic N) is 4. The van der Waals surface area contributed by atoms with Crippen molar-refractivity contribution in [3.05, 3.63) is 47.8 Å². The molecule has 1 N–H and O–H groups in total. The van der Waals surface area contributed by atoms with Gasteiger partial charge in [-0.15, -0.1) is 0 Å². The molecule has 0 unspecified atom stereocenters. The Balaban J connectivity index is 1.53. The molecule has 0 bridgehead atoms. The Labute approximate surface area is 131 Å². The highest BCUT2D eigenvalue weighted by atomic mass is 15.3. The third kappa shape index (κ3) is 3.13. The summed E-state index contributed by atoms with van der Waals surface area (Å²) < 4.78 is 1.85. The minimum Gasteiger partial charge on any atom is -0.356 e. The Morgan fingerprint density at radius 3 is 3.00 bits per heavy atom. The summed E-state index contributed by atoms with van der Waals surface area (Å²) in [7, 11) is 3.80. The first kappa shape index (κ1) is 14.6. The molecule has 0 amide bonds. The molecule has 1 aliphatic rings. The van der Waals surface area contributed by atoms with Crippen molar-refractivity contribution in [3.8, 4) is 0 Å². The van der Waals surface area contributed by atoms with E-state index in [9.17, 15) is 0 Å². The van der Waals surface area contributed by atoms with E-state index in [0.717, 1.165) is 38.3 Å². The lowest BCUT2D eigenvalue weighted by Crippen LogP contribution is -2.41. The molecule has 3 rings (SSSR count). The summed E-state index contributed by atoms with van der Waals surface area (Å²) in [5.41, 5.74) is 3.97. The number of hydrogen-bond acceptors (Lipinski definition) is 2. The Morgan fingerprint density at radius 2 is 2.23 bits per heavy atom. The molecular weight excluding hydrogens is 274 g/mol. The number of aliphatic imine (C=N–C) groups is 1. The maximum absolute atomic E-state index is 4.43. The molecule has 116 valence electrons. The van der Waals surface area contributed by atoms with Gasteiger partial charge < -0.3 is 10.2 Å². The van der Waals surface area contributed by atoms with E-state index in [2.05, 4.69) is 50.8 Å². The number of guanidine groups is 1. The summed E-state index contributed by atoms with van der Waals surface area (Å²) in [5, 5.41) is 7.68. The van der Waals surface area contributed by atoms with Crippen LogP contribution in [0.2, 0.25) is 0 Å². The molecule has 0 saturated carbocycles. The van der Waals surface area contributed by atoms with E-state index in [-0.39, 0.29) is 0 Å². The van der Waals surface area contributed by atoms with E-state index in [1.54, 1.807) is 0 Å². The van der Waals surface area contributed by atoms with Gasteiger partial charge in [0, 0.05) is 39.1 Å². The number of para-hydroxylation sites is 1. The van der Waals surface area contributed by atoms with Crippen LogP contribution in [0.5, 0.6) is 0 Å². The molecule has 1 aliphatic heterocycles. The van der Waals surface area contributed by atoms with Crippen molar-refractivity contribution < 1.29 is 0 Å². The third-order valence-corrected chi connectivity index (χ3v) is 4.04. The zero-order valence-electron chi connectivity index (χ0n) is 13.3. The van der Waals surface area contributed by atoms with Crippen LogP contribution in [0.4, 0.5) is 5.69 Å². The molecule has 0 saturated heterocycles. The summed E-state index contributed by atoms with van der Waals surface area (Å²) >= 11 is 0. The van der Waals surface area contributed by atoms with E-state index in [4.69, 9.17) is 0 Å². The van der Waals surface area contributed by atoms with Gasteiger partial charge in [-0.2, -0.15) is 5.10 Å². The highest BCUT2D eigenvalue weighted by Crippen LogP contribution is 2.27. The predicted molar refractivity (Wildman–Crippen MR) is 90.4 cm³/mol. The second kappa shape index (κ2) is 6.64. The SMILES string of the molecule is CN=C(NCCCc1cnn(C)c1)N1CCc2ccccc21. The van der Waals surface area contributed by atoms with Gasteiger partial charge in [-0.25, -0.2) is 0 Å². The lowest BCUT2D eigenvalue weighted by Gasteiger charge is -2.22. The first-order chi connectivity index (χ1) is 10.8. The van der Waals surface area contributed by atoms with Gasteiger partial charge in [0.05, 0.1) is 6.20 Å². The number of fused-ring (bicyclic) bond motifs is 1. The number of benzene rings is 1. The van der Waals surface area contributed by atoms with Crippen LogP contribution in [0.3, 0.4) is 0 Å². The summed E-state index contributed by atoms with van der Waals surface area (Å²) in [4.78, 5) is 6.71. The molecule has 1 aromatic heterocycles. The monoisotopic (exact) mass is 297 g/mol. The van der Waals surface area contributed by atoms with Crippen molar-refractivity contribution in [2.24, 2.45) is 12.0 Å². The quantitative estimate of drug-likeness (QED) is 0.533. The highest BCUT2D eigenvalue weighted by Gasteiger charge is 2.21. The molecule has 0 aliphatic carbocycles. The van der Waals surface area contributed by atoms with Crippen LogP contribution in [-0.2, 0) is 19.9 Å². The van der Waals surface area contributed by atoms with Crippen LogP contribution in [0.15, 0.2) is 41.7 Å². The smallest absolute Gasteiger partial charge is 0.198 e. The Hall–Kier alpha value is -2.30. The fourth-order valence-electron chi connectivity index (χ4n) is 2.95. The third-order valence-electron chi connectivity index (χ3n) is 4.04. The second-order valence-electron chi connectivity index (χ2n) is 5.63. The zero-order chi connectivity index (χ0) is 15.4. The average Bonchev–Trinajstić information content (AvgIpc) is 3.14. The number of aryl methyl sites for hydroxylation is 2. The van der Waals surface area contributed by atoms with E-state index in [1.807, 2.05) is 25.0 Å². The average molecular weight is 297 g/mol. The molecule has 0 spiro atoms. The molecule has 0 atom stereocenters. The van der Waals surface area contributed by atoms with Crippen LogP contribution >= 0.6 is 0 Å². The highest BCUT2D eigenvalue weighted by molar-refractivity contribution is 5.97. The van der Waals surface area contributed by atoms with Gasteiger partial charge >= 0.3 is 0 Å². The predicted octanol–water partition coefficient (Wildman–Crippen LogP) is 1.99. The Bertz CT molecular complexity index is 659. The number of hydrogen-bond donors (Lipinski definition) is 1. The van der Waals surface area contributed by atoms with Crippen LogP contribution in [0.1, 0.15) is 17.5 Å². The fraction of sp³-hybridized carbons (Fsp3) is 0.412. The van der Waals surface area contributed by atoms with Crippen LogP contribution in [-0.4, -0.2) is 35.9 Å². The molecule has 22 heavy (non-hydrogen) atoms. The first-order valence-corrected chi connectivity index (χ1v) is 7.81. The number of nitrogens with one attached hydrogen (secondary N) is 1. The topological polar surface area (TPSA) is 45.5 Å². The standard InChI is InChI=1S/C17H23N5/c1-18-17(19-10-5-6-14-12-20-21(2)13-14)22-11-9-15-7-3-4-8-16(15)22/h3-4,7-8,12-13H,5-6,9-11H2,1-2H3,(H,18,19). The first-order valence-electron chi connectivity index (χ1n) is 7.81. The molecule has 0 fully saturated rings. The second-order valence-corrected chi connectivity index (χ2v) is 5.63. The summed E-state index contributed by atoms with van der Waals surface area (Å²) in [6, 6.07) is 8.56. The largest absolute Gasteiger partial charge is 0.356 e. The number of rotatable bonds is 4. The van der Waals surface area contributed by atoms with E-state index < -0.39 is 0 Å². The van der Waals surface area contributed by atoms with Gasteiger partial charge in [0.2, 0.25) is 0 Å². The van der Waals surface area contributed by atoms with Gasteiger partial charge in [0.15, 0.2) is 5.96 Å². The van der Waals surface area contributed by atoms with Crippen LogP contribution < -0.4 is 10.2 Å². The molecule has 2 aromatic rings. The molecular formula is C17H23N5. The van der Waals surface area contributed by atoms with Crippen molar-refractivity contribution in [2.75, 3.05) is 25.0 Å². The Morgan fingerprint density at radius 1 is 1.36 bits per heavy atom. The molecule has 5 heteroatoms. The van der Waals surface area contributed by atoms with Crippen molar-refractivity contribution >= 4 is 11.6 Å². The maximum Gasteiger partial charge on any atom is 0.198 e. The molecule has 2 heterocycles. The summed E-state index contributed by atoms with van der Waals surface area (Å²) in [5.74, 6) is 0.969. The minimum atomic E-state index is 0.917. The van der Waals surface area contributed by atoms with Crippen LogP contribution in [0, 0.1) is 0 Å². The van der Waals surface area contributed by atoms with Crippen molar-refractivity contribution in [1.82, 2.24) is 15.1 Å². The van der Waals surface area contributed by atoms with Gasteiger partial charge in [0.25, 0.3) is 0 Å². The summed E-state index contributed by atoms with van der Waals surface area (Å²) in [6.45, 7) is 1.92. The molecule has 1 aromatic carbocycles. The van der Waals surface area contributed by atoms with E-state index >= 15 is 0 Å².